The van der Waals surface area contributed by atoms with Gasteiger partial charge in [0, 0.05) is 17.9 Å². The van der Waals surface area contributed by atoms with E-state index in [1.54, 1.807) is 13.8 Å². The van der Waals surface area contributed by atoms with Crippen molar-refractivity contribution in [3.8, 4) is 0 Å². The third-order valence-corrected chi connectivity index (χ3v) is 15.9. The first-order chi connectivity index (χ1) is 21.4. The molecular weight excluding hydrogens is 592 g/mol. The third kappa shape index (κ3) is 4.24. The molecule has 5 saturated carbocycles. The van der Waals surface area contributed by atoms with E-state index in [4.69, 9.17) is 14.2 Å². The third-order valence-electron chi connectivity index (χ3n) is 15.9. The molecule has 46 heavy (non-hydrogen) atoms. The van der Waals surface area contributed by atoms with E-state index in [0.717, 1.165) is 57.8 Å². The van der Waals surface area contributed by atoms with E-state index in [0.29, 0.717) is 18.3 Å². The Bertz CT molecular complexity index is 1190. The van der Waals surface area contributed by atoms with Crippen molar-refractivity contribution in [2.75, 3.05) is 13.2 Å². The average molecular weight is 653 g/mol. The number of ether oxygens (including phenoxy) is 3. The minimum Gasteiger partial charge on any atom is -0.396 e. The number of rotatable bonds is 6. The molecule has 2 saturated heterocycles. The van der Waals surface area contributed by atoms with Crippen LogP contribution in [-0.2, 0) is 14.2 Å². The van der Waals surface area contributed by atoms with Crippen LogP contribution in [-0.4, -0.2) is 109 Å². The number of aliphatic hydroxyl groups is 7. The molecule has 0 bridgehead atoms. The van der Waals surface area contributed by atoms with Crippen molar-refractivity contribution in [2.45, 2.75) is 166 Å². The molecule has 10 heteroatoms. The summed E-state index contributed by atoms with van der Waals surface area (Å²) in [5, 5.41) is 75.1. The van der Waals surface area contributed by atoms with Crippen molar-refractivity contribution in [1.29, 1.82) is 0 Å². The SMILES string of the molecule is CC(C)(O)C1CC[C@@](C)([C@H]2[C@@H](O)C[C@@]3(C)[C@@H]4CC[C@H]5C(C)(C)[C@@H](O[C@@H]6O[C@H](CO)[C@@H](O)[C@H](O)[C@H]6O)CC[C@@]56C[C@@]46CC[C@]23CO)O1. The Hall–Kier alpha value is -0.400. The standard InChI is InChI=1S/C36H60O10/c1-30(2)21-7-8-22-32(5)15-19(39)28(33(6)11-9-24(46-33)31(3,4)43)36(32,18-38)14-13-35(22)17-34(21,35)12-10-23(30)45-29-27(42)26(41)25(40)20(16-37)44-29/h19-29,37-43H,7-18H2,1-6H3/t19-,20+,21-,22-,23-,24?,25+,26-,27+,28+,29-,32-,33-,34+,35-,36-/m0/s1. The number of fused-ring (bicyclic) bond motifs is 2. The van der Waals surface area contributed by atoms with Gasteiger partial charge in [0.05, 0.1) is 36.1 Å². The zero-order valence-corrected chi connectivity index (χ0v) is 28.7. The fourth-order valence-electron chi connectivity index (χ4n) is 13.7. The Morgan fingerprint density at radius 2 is 1.48 bits per heavy atom. The van der Waals surface area contributed by atoms with Crippen molar-refractivity contribution in [3.63, 3.8) is 0 Å². The van der Waals surface area contributed by atoms with Crippen molar-refractivity contribution in [1.82, 2.24) is 0 Å². The average Bonchev–Trinajstić information content (AvgIpc) is 3.34. The van der Waals surface area contributed by atoms with Crippen LogP contribution in [0.3, 0.4) is 0 Å². The molecule has 1 unspecified atom stereocenters. The summed E-state index contributed by atoms with van der Waals surface area (Å²) >= 11 is 0. The highest BCUT2D eigenvalue weighted by molar-refractivity contribution is 5.32. The van der Waals surface area contributed by atoms with E-state index in [1.807, 2.05) is 0 Å². The molecule has 2 spiro atoms. The summed E-state index contributed by atoms with van der Waals surface area (Å²) in [7, 11) is 0. The molecule has 7 fully saturated rings. The number of hydrogen-bond acceptors (Lipinski definition) is 10. The van der Waals surface area contributed by atoms with Gasteiger partial charge < -0.3 is 50.0 Å². The molecule has 16 atom stereocenters. The molecule has 10 nitrogen and oxygen atoms in total. The van der Waals surface area contributed by atoms with Crippen molar-refractivity contribution < 1.29 is 50.0 Å². The Kier molecular flexibility index (Phi) is 7.82. The summed E-state index contributed by atoms with van der Waals surface area (Å²) in [6, 6.07) is 0. The molecule has 2 aliphatic heterocycles. The van der Waals surface area contributed by atoms with Crippen LogP contribution in [0, 0.1) is 44.8 Å². The van der Waals surface area contributed by atoms with Crippen LogP contribution in [0.5, 0.6) is 0 Å². The molecule has 7 rings (SSSR count). The number of hydrogen-bond donors (Lipinski definition) is 7. The molecule has 2 heterocycles. The maximum absolute atomic E-state index is 11.9. The quantitative estimate of drug-likeness (QED) is 0.211. The Morgan fingerprint density at radius 1 is 0.804 bits per heavy atom. The minimum atomic E-state index is -1.46. The van der Waals surface area contributed by atoms with Crippen LogP contribution in [0.1, 0.15) is 106 Å². The summed E-state index contributed by atoms with van der Waals surface area (Å²) < 4.78 is 18.9. The molecule has 7 N–H and O–H groups in total. The van der Waals surface area contributed by atoms with Gasteiger partial charge >= 0.3 is 0 Å². The zero-order chi connectivity index (χ0) is 33.5. The summed E-state index contributed by atoms with van der Waals surface area (Å²) in [4.78, 5) is 0. The highest BCUT2D eigenvalue weighted by atomic mass is 16.7. The lowest BCUT2D eigenvalue weighted by atomic mass is 9.41. The molecule has 0 radical (unpaired) electrons. The topological polar surface area (TPSA) is 169 Å². The van der Waals surface area contributed by atoms with Crippen molar-refractivity contribution in [3.05, 3.63) is 0 Å². The highest BCUT2D eigenvalue weighted by Crippen LogP contribution is 2.89. The van der Waals surface area contributed by atoms with Gasteiger partial charge in [0.2, 0.25) is 0 Å². The summed E-state index contributed by atoms with van der Waals surface area (Å²) in [6.45, 7) is 12.1. The minimum absolute atomic E-state index is 0.0286. The lowest BCUT2D eigenvalue weighted by Crippen LogP contribution is -2.62. The largest absolute Gasteiger partial charge is 0.396 e. The molecule has 0 amide bonds. The second-order valence-electron chi connectivity index (χ2n) is 18.4. The number of aliphatic hydroxyl groups excluding tert-OH is 6. The van der Waals surface area contributed by atoms with E-state index in [2.05, 4.69) is 27.7 Å². The lowest BCUT2D eigenvalue weighted by molar-refractivity contribution is -0.326. The normalized spacial score (nSPS) is 57.7. The second kappa shape index (κ2) is 10.6. The molecule has 7 aliphatic rings. The van der Waals surface area contributed by atoms with Gasteiger partial charge in [-0.3, -0.25) is 0 Å². The van der Waals surface area contributed by atoms with E-state index in [9.17, 15) is 35.7 Å². The molecule has 0 aromatic carbocycles. The fourth-order valence-corrected chi connectivity index (χ4v) is 13.7. The van der Waals surface area contributed by atoms with Crippen LogP contribution in [0.2, 0.25) is 0 Å². The van der Waals surface area contributed by atoms with Gasteiger partial charge in [0.1, 0.15) is 24.4 Å². The lowest BCUT2D eigenvalue weighted by Gasteiger charge is -2.64. The molecular formula is C36H60O10. The maximum atomic E-state index is 11.9. The first-order valence-electron chi connectivity index (χ1n) is 18.0. The Balaban J connectivity index is 1.14. The first kappa shape index (κ1) is 34.1. The molecule has 0 aromatic rings. The first-order valence-corrected chi connectivity index (χ1v) is 18.0. The van der Waals surface area contributed by atoms with Gasteiger partial charge in [0.15, 0.2) is 6.29 Å². The van der Waals surface area contributed by atoms with Gasteiger partial charge in [0.25, 0.3) is 0 Å². The van der Waals surface area contributed by atoms with Gasteiger partial charge in [-0.2, -0.15) is 0 Å². The van der Waals surface area contributed by atoms with Gasteiger partial charge in [-0.1, -0.05) is 20.8 Å². The zero-order valence-electron chi connectivity index (χ0n) is 28.7. The van der Waals surface area contributed by atoms with Crippen LogP contribution in [0.25, 0.3) is 0 Å². The van der Waals surface area contributed by atoms with Crippen LogP contribution >= 0.6 is 0 Å². The molecule has 0 aromatic heterocycles. The highest BCUT2D eigenvalue weighted by Gasteiger charge is 2.84. The van der Waals surface area contributed by atoms with Gasteiger partial charge in [-0.25, -0.2) is 0 Å². The van der Waals surface area contributed by atoms with E-state index >= 15 is 0 Å². The van der Waals surface area contributed by atoms with Gasteiger partial charge in [-0.05, 0) is 118 Å². The summed E-state index contributed by atoms with van der Waals surface area (Å²) in [6.07, 6.45) is 1.45. The predicted octanol–water partition coefficient (Wildman–Crippen LogP) is 2.26. The summed E-state index contributed by atoms with van der Waals surface area (Å²) in [5.41, 5.74) is -2.22. The Labute approximate surface area is 273 Å². The molecule has 5 aliphatic carbocycles. The van der Waals surface area contributed by atoms with Gasteiger partial charge in [-0.15, -0.1) is 0 Å². The van der Waals surface area contributed by atoms with Crippen molar-refractivity contribution in [2.24, 2.45) is 44.8 Å². The van der Waals surface area contributed by atoms with E-state index in [-0.39, 0.29) is 46.4 Å². The fraction of sp³-hybridized carbons (Fsp3) is 1.00. The van der Waals surface area contributed by atoms with E-state index in [1.165, 1.54) is 0 Å². The second-order valence-corrected chi connectivity index (χ2v) is 18.4. The van der Waals surface area contributed by atoms with Crippen LogP contribution < -0.4 is 0 Å². The molecule has 264 valence electrons. The Morgan fingerprint density at radius 3 is 2.11 bits per heavy atom. The monoisotopic (exact) mass is 652 g/mol. The smallest absolute Gasteiger partial charge is 0.186 e. The predicted molar refractivity (Wildman–Crippen MR) is 167 cm³/mol. The summed E-state index contributed by atoms with van der Waals surface area (Å²) in [5.74, 6) is 0.562. The van der Waals surface area contributed by atoms with Crippen molar-refractivity contribution >= 4 is 0 Å². The van der Waals surface area contributed by atoms with Crippen LogP contribution in [0.4, 0.5) is 0 Å². The van der Waals surface area contributed by atoms with E-state index < -0.39 is 60.0 Å². The van der Waals surface area contributed by atoms with Crippen LogP contribution in [0.15, 0.2) is 0 Å². The maximum Gasteiger partial charge on any atom is 0.186 e.